The Morgan fingerprint density at radius 1 is 1.20 bits per heavy atom. The van der Waals surface area contributed by atoms with Gasteiger partial charge in [0, 0.05) is 11.6 Å². The molecular weight excluding hydrogens is 293 g/mol. The fourth-order valence-electron chi connectivity index (χ4n) is 2.88. The van der Waals surface area contributed by atoms with Gasteiger partial charge in [-0.05, 0) is 45.0 Å². The van der Waals surface area contributed by atoms with Crippen LogP contribution in [-0.4, -0.2) is 29.8 Å². The highest BCUT2D eigenvalue weighted by atomic mass is 35.5. The highest BCUT2D eigenvalue weighted by molar-refractivity contribution is 6.42. The summed E-state index contributed by atoms with van der Waals surface area (Å²) in [6, 6.07) is 5.49. The van der Waals surface area contributed by atoms with Crippen LogP contribution in [0.1, 0.15) is 49.4 Å². The molecule has 0 radical (unpaired) electrons. The number of Topliss-reactive ketones (excluding diaryl/α,β-unsaturated/α-hetero) is 1. The van der Waals surface area contributed by atoms with Gasteiger partial charge in [0.2, 0.25) is 0 Å². The van der Waals surface area contributed by atoms with Crippen LogP contribution in [0.3, 0.4) is 0 Å². The highest BCUT2D eigenvalue weighted by Gasteiger charge is 2.26. The van der Waals surface area contributed by atoms with Gasteiger partial charge in [-0.15, -0.1) is 0 Å². The van der Waals surface area contributed by atoms with Gasteiger partial charge in [0.25, 0.3) is 0 Å². The zero-order chi connectivity index (χ0) is 14.7. The second kappa shape index (κ2) is 6.93. The summed E-state index contributed by atoms with van der Waals surface area (Å²) in [5.41, 5.74) is 0.634. The Labute approximate surface area is 131 Å². The Morgan fingerprint density at radius 2 is 1.85 bits per heavy atom. The molecule has 110 valence electrons. The molecule has 0 N–H and O–H groups in total. The normalized spacial score (nSPS) is 18.2. The molecule has 20 heavy (non-hydrogen) atoms. The number of hydrogen-bond acceptors (Lipinski definition) is 2. The SMILES string of the molecule is CC(C(=O)c1ccc(Cl)c(Cl)c1)N(C)C1CCCCC1. The summed E-state index contributed by atoms with van der Waals surface area (Å²) >= 11 is 11.9. The Morgan fingerprint density at radius 3 is 2.45 bits per heavy atom. The summed E-state index contributed by atoms with van der Waals surface area (Å²) in [6.45, 7) is 1.97. The third-order valence-corrected chi connectivity index (χ3v) is 5.08. The summed E-state index contributed by atoms with van der Waals surface area (Å²) in [4.78, 5) is 14.8. The number of hydrogen-bond donors (Lipinski definition) is 0. The third-order valence-electron chi connectivity index (χ3n) is 4.35. The third kappa shape index (κ3) is 3.55. The van der Waals surface area contributed by atoms with Crippen LogP contribution >= 0.6 is 23.2 Å². The minimum absolute atomic E-state index is 0.108. The van der Waals surface area contributed by atoms with E-state index in [9.17, 15) is 4.79 Å². The number of likely N-dealkylation sites (N-methyl/N-ethyl adjacent to an activating group) is 1. The number of carbonyl (C=O) groups is 1. The van der Waals surface area contributed by atoms with Gasteiger partial charge in [0.1, 0.15) is 0 Å². The largest absolute Gasteiger partial charge is 0.294 e. The molecule has 0 aliphatic heterocycles. The topological polar surface area (TPSA) is 20.3 Å². The van der Waals surface area contributed by atoms with Crippen LogP contribution in [0.15, 0.2) is 18.2 Å². The molecule has 2 rings (SSSR count). The van der Waals surface area contributed by atoms with Crippen molar-refractivity contribution >= 4 is 29.0 Å². The van der Waals surface area contributed by atoms with E-state index in [1.54, 1.807) is 18.2 Å². The second-order valence-electron chi connectivity index (χ2n) is 5.63. The van der Waals surface area contributed by atoms with E-state index < -0.39 is 0 Å². The molecular formula is C16H21Cl2NO. The summed E-state index contributed by atoms with van der Waals surface area (Å²) in [7, 11) is 2.05. The van der Waals surface area contributed by atoms with Crippen molar-refractivity contribution < 1.29 is 4.79 Å². The smallest absolute Gasteiger partial charge is 0.179 e. The van der Waals surface area contributed by atoms with Crippen molar-refractivity contribution in [3.05, 3.63) is 33.8 Å². The monoisotopic (exact) mass is 313 g/mol. The van der Waals surface area contributed by atoms with E-state index in [0.717, 1.165) is 0 Å². The lowest BCUT2D eigenvalue weighted by molar-refractivity contribution is 0.0778. The van der Waals surface area contributed by atoms with E-state index in [2.05, 4.69) is 11.9 Å². The molecule has 0 heterocycles. The van der Waals surface area contributed by atoms with E-state index >= 15 is 0 Å². The fourth-order valence-corrected chi connectivity index (χ4v) is 3.18. The van der Waals surface area contributed by atoms with Crippen LogP contribution in [0.4, 0.5) is 0 Å². The molecule has 0 bridgehead atoms. The average Bonchev–Trinajstić information content (AvgIpc) is 2.48. The molecule has 1 fully saturated rings. The molecule has 4 heteroatoms. The van der Waals surface area contributed by atoms with E-state index in [-0.39, 0.29) is 11.8 Å². The van der Waals surface area contributed by atoms with Crippen molar-refractivity contribution in [1.29, 1.82) is 0 Å². The molecule has 0 aromatic heterocycles. The number of carbonyl (C=O) groups excluding carboxylic acids is 1. The second-order valence-corrected chi connectivity index (χ2v) is 6.44. The number of halogens is 2. The van der Waals surface area contributed by atoms with Crippen LogP contribution in [0.5, 0.6) is 0 Å². The van der Waals surface area contributed by atoms with E-state index in [4.69, 9.17) is 23.2 Å². The van der Waals surface area contributed by atoms with E-state index in [0.29, 0.717) is 21.7 Å². The molecule has 1 aliphatic rings. The van der Waals surface area contributed by atoms with Gasteiger partial charge in [-0.25, -0.2) is 0 Å². The predicted molar refractivity (Wildman–Crippen MR) is 84.9 cm³/mol. The van der Waals surface area contributed by atoms with Crippen LogP contribution in [-0.2, 0) is 0 Å². The first-order chi connectivity index (χ1) is 9.50. The van der Waals surface area contributed by atoms with Gasteiger partial charge in [-0.2, -0.15) is 0 Å². The van der Waals surface area contributed by atoms with Gasteiger partial charge in [0.05, 0.1) is 16.1 Å². The number of nitrogens with zero attached hydrogens (tertiary/aromatic N) is 1. The maximum Gasteiger partial charge on any atom is 0.179 e. The number of benzene rings is 1. The maximum atomic E-state index is 12.5. The molecule has 0 saturated heterocycles. The van der Waals surface area contributed by atoms with Crippen molar-refractivity contribution in [3.63, 3.8) is 0 Å². The summed E-state index contributed by atoms with van der Waals surface area (Å²) in [6.07, 6.45) is 6.23. The van der Waals surface area contributed by atoms with Gasteiger partial charge < -0.3 is 0 Å². The quantitative estimate of drug-likeness (QED) is 0.742. The van der Waals surface area contributed by atoms with Crippen LogP contribution < -0.4 is 0 Å². The van der Waals surface area contributed by atoms with Gasteiger partial charge in [-0.1, -0.05) is 42.5 Å². The van der Waals surface area contributed by atoms with Gasteiger partial charge >= 0.3 is 0 Å². The predicted octanol–water partition coefficient (Wildman–Crippen LogP) is 4.83. The summed E-state index contributed by atoms with van der Waals surface area (Å²) in [5.74, 6) is 0.108. The highest BCUT2D eigenvalue weighted by Crippen LogP contribution is 2.26. The van der Waals surface area contributed by atoms with Crippen LogP contribution in [0.25, 0.3) is 0 Å². The first kappa shape index (κ1) is 15.8. The first-order valence-corrected chi connectivity index (χ1v) is 7.97. The summed E-state index contributed by atoms with van der Waals surface area (Å²) < 4.78 is 0. The Kier molecular flexibility index (Phi) is 5.48. The molecule has 1 aromatic rings. The number of ketones is 1. The van der Waals surface area contributed by atoms with Crippen molar-refractivity contribution in [1.82, 2.24) is 4.90 Å². The van der Waals surface area contributed by atoms with Crippen molar-refractivity contribution in [2.75, 3.05) is 7.05 Å². The minimum Gasteiger partial charge on any atom is -0.294 e. The Balaban J connectivity index is 2.08. The lowest BCUT2D eigenvalue weighted by Crippen LogP contribution is -2.43. The maximum absolute atomic E-state index is 12.5. The summed E-state index contributed by atoms with van der Waals surface area (Å²) in [5, 5.41) is 0.918. The van der Waals surface area contributed by atoms with Crippen LogP contribution in [0.2, 0.25) is 10.0 Å². The van der Waals surface area contributed by atoms with E-state index in [1.165, 1.54) is 32.1 Å². The molecule has 0 amide bonds. The molecule has 1 saturated carbocycles. The zero-order valence-electron chi connectivity index (χ0n) is 12.0. The fraction of sp³-hybridized carbons (Fsp3) is 0.562. The lowest BCUT2D eigenvalue weighted by atomic mass is 9.92. The van der Waals surface area contributed by atoms with Gasteiger partial charge in [-0.3, -0.25) is 9.69 Å². The number of rotatable bonds is 4. The minimum atomic E-state index is -0.129. The molecule has 1 aromatic carbocycles. The Bertz CT molecular complexity index is 483. The lowest BCUT2D eigenvalue weighted by Gasteiger charge is -2.34. The van der Waals surface area contributed by atoms with Crippen LogP contribution in [0, 0.1) is 0 Å². The van der Waals surface area contributed by atoms with Crippen molar-refractivity contribution in [2.45, 2.75) is 51.1 Å². The molecule has 1 aliphatic carbocycles. The molecule has 1 unspecified atom stereocenters. The first-order valence-electron chi connectivity index (χ1n) is 7.22. The van der Waals surface area contributed by atoms with Crippen molar-refractivity contribution in [3.8, 4) is 0 Å². The van der Waals surface area contributed by atoms with Gasteiger partial charge in [0.15, 0.2) is 5.78 Å². The van der Waals surface area contributed by atoms with Crippen molar-refractivity contribution in [2.24, 2.45) is 0 Å². The average molecular weight is 314 g/mol. The molecule has 2 nitrogen and oxygen atoms in total. The molecule has 0 spiro atoms. The zero-order valence-corrected chi connectivity index (χ0v) is 13.5. The molecule has 1 atom stereocenters. The Hall–Kier alpha value is -0.570. The standard InChI is InChI=1S/C16H21Cl2NO/c1-11(19(2)13-6-4-3-5-7-13)16(20)12-8-9-14(17)15(18)10-12/h8-11,13H,3-7H2,1-2H3. The van der Waals surface area contributed by atoms with E-state index in [1.807, 2.05) is 6.92 Å².